The van der Waals surface area contributed by atoms with Gasteiger partial charge in [0.2, 0.25) is 0 Å². The lowest BCUT2D eigenvalue weighted by Crippen LogP contribution is -2.12. The second-order valence-corrected chi connectivity index (χ2v) is 4.16. The Kier molecular flexibility index (Phi) is 5.58. The maximum atomic E-state index is 10.4. The lowest BCUT2D eigenvalue weighted by atomic mass is 10.0. The Morgan fingerprint density at radius 3 is 2.73 bits per heavy atom. The van der Waals surface area contributed by atoms with E-state index in [9.17, 15) is 4.79 Å². The zero-order valence-electron chi connectivity index (χ0n) is 9.57. The third-order valence-electron chi connectivity index (χ3n) is 2.60. The third-order valence-corrected chi connectivity index (χ3v) is 2.60. The van der Waals surface area contributed by atoms with E-state index in [-0.39, 0.29) is 6.29 Å². The van der Waals surface area contributed by atoms with Crippen molar-refractivity contribution in [1.82, 2.24) is 0 Å². The Labute approximate surface area is 91.4 Å². The van der Waals surface area contributed by atoms with Crippen LogP contribution in [0.2, 0.25) is 0 Å². The van der Waals surface area contributed by atoms with Crippen LogP contribution in [0.3, 0.4) is 0 Å². The highest BCUT2D eigenvalue weighted by molar-refractivity contribution is 5.71. The summed E-state index contributed by atoms with van der Waals surface area (Å²) in [5, 5.41) is 0. The number of hydrogen-bond donors (Lipinski definition) is 0. The number of aldehydes is 1. The summed E-state index contributed by atoms with van der Waals surface area (Å²) in [5.41, 5.74) is 0.815. The average molecular weight is 212 g/mol. The molecule has 1 rings (SSSR count). The fourth-order valence-corrected chi connectivity index (χ4v) is 1.63. The van der Waals surface area contributed by atoms with Crippen LogP contribution in [-0.4, -0.2) is 25.8 Å². The van der Waals surface area contributed by atoms with Crippen LogP contribution in [0.4, 0.5) is 0 Å². The van der Waals surface area contributed by atoms with E-state index in [0.29, 0.717) is 5.92 Å². The van der Waals surface area contributed by atoms with Crippen LogP contribution in [0.15, 0.2) is 11.6 Å². The first-order chi connectivity index (χ1) is 7.22. The van der Waals surface area contributed by atoms with Gasteiger partial charge in [0.1, 0.15) is 6.29 Å². The molecule has 86 valence electrons. The first-order valence-electron chi connectivity index (χ1n) is 5.57. The second-order valence-electron chi connectivity index (χ2n) is 4.16. The summed E-state index contributed by atoms with van der Waals surface area (Å²) in [4.78, 5) is 10.4. The number of hydrogen-bond acceptors (Lipinski definition) is 3. The molecule has 0 N–H and O–H groups in total. The van der Waals surface area contributed by atoms with Crippen molar-refractivity contribution >= 4 is 6.29 Å². The summed E-state index contributed by atoms with van der Waals surface area (Å²) < 4.78 is 10.8. The van der Waals surface area contributed by atoms with Gasteiger partial charge in [-0.1, -0.05) is 13.0 Å². The molecule has 0 aromatic heterocycles. The summed E-state index contributed by atoms with van der Waals surface area (Å²) in [7, 11) is 0. The summed E-state index contributed by atoms with van der Waals surface area (Å²) in [6.45, 7) is 5.47. The van der Waals surface area contributed by atoms with E-state index < -0.39 is 0 Å². The van der Waals surface area contributed by atoms with Crippen molar-refractivity contribution in [2.75, 3.05) is 13.2 Å². The first-order valence-corrected chi connectivity index (χ1v) is 5.57. The fraction of sp³-hybridized carbons (Fsp3) is 0.750. The van der Waals surface area contributed by atoms with E-state index in [1.54, 1.807) is 0 Å². The molecule has 0 aromatic carbocycles. The van der Waals surface area contributed by atoms with Gasteiger partial charge in [-0.25, -0.2) is 0 Å². The van der Waals surface area contributed by atoms with E-state index in [4.69, 9.17) is 9.47 Å². The van der Waals surface area contributed by atoms with Crippen LogP contribution >= 0.6 is 0 Å². The van der Waals surface area contributed by atoms with Gasteiger partial charge >= 0.3 is 0 Å². The highest BCUT2D eigenvalue weighted by Gasteiger charge is 2.18. The van der Waals surface area contributed by atoms with E-state index in [1.165, 1.54) is 0 Å². The van der Waals surface area contributed by atoms with Gasteiger partial charge in [0.15, 0.2) is 6.29 Å². The molecule has 15 heavy (non-hydrogen) atoms. The van der Waals surface area contributed by atoms with Crippen molar-refractivity contribution in [3.05, 3.63) is 11.6 Å². The third kappa shape index (κ3) is 5.09. The number of ether oxygens (including phenoxy) is 2. The Morgan fingerprint density at radius 1 is 1.47 bits per heavy atom. The van der Waals surface area contributed by atoms with Crippen LogP contribution in [0.25, 0.3) is 0 Å². The lowest BCUT2D eigenvalue weighted by Gasteiger charge is -2.14. The van der Waals surface area contributed by atoms with Gasteiger partial charge < -0.3 is 9.47 Å². The maximum Gasteiger partial charge on any atom is 0.158 e. The largest absolute Gasteiger partial charge is 0.350 e. The molecular weight excluding hydrogens is 192 g/mol. The molecular formula is C12H20O3. The molecule has 0 aromatic rings. The molecule has 1 atom stereocenters. The van der Waals surface area contributed by atoms with Gasteiger partial charge in [-0.05, 0) is 31.3 Å². The maximum absolute atomic E-state index is 10.4. The number of carbonyl (C=O) groups is 1. The predicted molar refractivity (Wildman–Crippen MR) is 58.5 cm³/mol. The van der Waals surface area contributed by atoms with Gasteiger partial charge in [0, 0.05) is 6.42 Å². The van der Waals surface area contributed by atoms with Crippen molar-refractivity contribution in [1.29, 1.82) is 0 Å². The van der Waals surface area contributed by atoms with Gasteiger partial charge in [-0.15, -0.1) is 0 Å². The van der Waals surface area contributed by atoms with Crippen molar-refractivity contribution in [2.24, 2.45) is 5.92 Å². The first kappa shape index (κ1) is 12.4. The molecule has 0 bridgehead atoms. The smallest absolute Gasteiger partial charge is 0.158 e. The minimum absolute atomic E-state index is 0.00357. The molecule has 1 fully saturated rings. The van der Waals surface area contributed by atoms with Gasteiger partial charge in [-0.2, -0.15) is 0 Å². The van der Waals surface area contributed by atoms with Gasteiger partial charge in [-0.3, -0.25) is 4.79 Å². The summed E-state index contributed by atoms with van der Waals surface area (Å²) in [5.74, 6) is 0.573. The van der Waals surface area contributed by atoms with Gasteiger partial charge in [0.05, 0.1) is 13.2 Å². The highest BCUT2D eigenvalue weighted by atomic mass is 16.7. The van der Waals surface area contributed by atoms with E-state index in [2.05, 4.69) is 6.92 Å². The molecule has 0 radical (unpaired) electrons. The zero-order chi connectivity index (χ0) is 11.1. The zero-order valence-corrected chi connectivity index (χ0v) is 9.57. The number of carbonyl (C=O) groups excluding carboxylic acids is 1. The Morgan fingerprint density at radius 2 is 2.13 bits per heavy atom. The molecule has 0 aliphatic carbocycles. The van der Waals surface area contributed by atoms with Crippen molar-refractivity contribution in [3.63, 3.8) is 0 Å². The minimum atomic E-state index is -0.00357. The Bertz CT molecular complexity index is 217. The molecule has 0 unspecified atom stereocenters. The lowest BCUT2D eigenvalue weighted by molar-refractivity contribution is -0.104. The van der Waals surface area contributed by atoms with Crippen molar-refractivity contribution in [3.8, 4) is 0 Å². The fourth-order valence-electron chi connectivity index (χ4n) is 1.63. The molecule has 0 saturated carbocycles. The van der Waals surface area contributed by atoms with Crippen molar-refractivity contribution in [2.45, 2.75) is 39.4 Å². The second kappa shape index (κ2) is 6.75. The highest BCUT2D eigenvalue weighted by Crippen LogP contribution is 2.18. The van der Waals surface area contributed by atoms with Crippen LogP contribution < -0.4 is 0 Å². The average Bonchev–Trinajstić information content (AvgIpc) is 2.70. The topological polar surface area (TPSA) is 35.5 Å². The van der Waals surface area contributed by atoms with Crippen LogP contribution in [0.1, 0.15) is 33.1 Å². The SMILES string of the molecule is C/C(C=O)=C\CC[C@@H](C)CC1OCCO1. The van der Waals surface area contributed by atoms with Crippen LogP contribution in [0, 0.1) is 5.92 Å². The number of allylic oxidation sites excluding steroid dienone is 2. The molecule has 1 heterocycles. The molecule has 1 aliphatic heterocycles. The molecule has 3 heteroatoms. The summed E-state index contributed by atoms with van der Waals surface area (Å²) >= 11 is 0. The standard InChI is InChI=1S/C12H20O3/c1-10(4-3-5-11(2)9-13)8-12-14-6-7-15-12/h5,9-10,12H,3-4,6-8H2,1-2H3/b11-5+/t10-/m1/s1. The van der Waals surface area contributed by atoms with E-state index >= 15 is 0 Å². The summed E-state index contributed by atoms with van der Waals surface area (Å²) in [6, 6.07) is 0. The molecule has 1 saturated heterocycles. The van der Waals surface area contributed by atoms with E-state index in [0.717, 1.165) is 44.3 Å². The molecule has 0 amide bonds. The van der Waals surface area contributed by atoms with Crippen LogP contribution in [0.5, 0.6) is 0 Å². The Balaban J connectivity index is 2.12. The monoisotopic (exact) mass is 212 g/mol. The number of rotatable bonds is 6. The van der Waals surface area contributed by atoms with Crippen LogP contribution in [-0.2, 0) is 14.3 Å². The van der Waals surface area contributed by atoms with E-state index in [1.807, 2.05) is 13.0 Å². The molecule has 1 aliphatic rings. The normalized spacial score (nSPS) is 20.5. The summed E-state index contributed by atoms with van der Waals surface area (Å²) in [6.07, 6.45) is 5.87. The predicted octanol–water partition coefficient (Wildman–Crippen LogP) is 2.31. The van der Waals surface area contributed by atoms with Gasteiger partial charge in [0.25, 0.3) is 0 Å². The van der Waals surface area contributed by atoms with Crippen molar-refractivity contribution < 1.29 is 14.3 Å². The minimum Gasteiger partial charge on any atom is -0.350 e. The quantitative estimate of drug-likeness (QED) is 0.500. The molecule has 0 spiro atoms. The Hall–Kier alpha value is -0.670. The molecule has 3 nitrogen and oxygen atoms in total.